The maximum atomic E-state index is 11.9. The van der Waals surface area contributed by atoms with Crippen LogP contribution in [0.3, 0.4) is 0 Å². The number of benzene rings is 1. The largest absolute Gasteiger partial charge is 0.326 e. The molecule has 92 valence electrons. The number of halogens is 1. The van der Waals surface area contributed by atoms with Crippen molar-refractivity contribution >= 4 is 29.3 Å². The molecule has 0 radical (unpaired) electrons. The summed E-state index contributed by atoms with van der Waals surface area (Å²) in [5.74, 6) is 1.25. The Balaban J connectivity index is 2.25. The number of hydrogen-bond donors (Lipinski definition) is 0. The first-order valence-corrected chi connectivity index (χ1v) is 7.17. The fourth-order valence-corrected chi connectivity index (χ4v) is 3.52. The van der Waals surface area contributed by atoms with Gasteiger partial charge in [-0.1, -0.05) is 43.6 Å². The van der Waals surface area contributed by atoms with Gasteiger partial charge in [0.15, 0.2) is 0 Å². The Hall–Kier alpha value is -0.670. The van der Waals surface area contributed by atoms with E-state index in [1.165, 1.54) is 0 Å². The molecular formula is C13H16ClNOS. The summed E-state index contributed by atoms with van der Waals surface area (Å²) in [4.78, 5) is 13.8. The van der Waals surface area contributed by atoms with Crippen LogP contribution in [0.5, 0.6) is 0 Å². The molecule has 1 aromatic carbocycles. The van der Waals surface area contributed by atoms with Crippen molar-refractivity contribution in [3.05, 3.63) is 34.9 Å². The predicted molar refractivity (Wildman–Crippen MR) is 73.2 cm³/mol. The number of thioether (sulfide) groups is 1. The van der Waals surface area contributed by atoms with E-state index in [9.17, 15) is 4.79 Å². The molecule has 2 rings (SSSR count). The van der Waals surface area contributed by atoms with Crippen LogP contribution in [0, 0.1) is 5.92 Å². The molecule has 1 heterocycles. The lowest BCUT2D eigenvalue weighted by Gasteiger charge is -2.26. The number of carbonyl (C=O) groups excluding carboxylic acids is 1. The maximum absolute atomic E-state index is 11.9. The van der Waals surface area contributed by atoms with Crippen LogP contribution in [0.2, 0.25) is 5.02 Å². The van der Waals surface area contributed by atoms with Crippen molar-refractivity contribution < 1.29 is 4.79 Å². The standard InChI is InChI=1S/C13H16ClNOS/c1-9(2)7-15-12(16)8-17-13(15)10-5-3-4-6-11(10)14/h3-6,9,13H,7-8H2,1-2H3. The first kappa shape index (κ1) is 12.8. The highest BCUT2D eigenvalue weighted by molar-refractivity contribution is 8.00. The van der Waals surface area contributed by atoms with Crippen molar-refractivity contribution in [2.45, 2.75) is 19.2 Å². The zero-order valence-corrected chi connectivity index (χ0v) is 11.6. The average Bonchev–Trinajstić information content (AvgIpc) is 2.61. The number of carbonyl (C=O) groups is 1. The van der Waals surface area contributed by atoms with E-state index in [0.29, 0.717) is 11.7 Å². The number of rotatable bonds is 3. The summed E-state index contributed by atoms with van der Waals surface area (Å²) in [5, 5.41) is 0.826. The smallest absolute Gasteiger partial charge is 0.233 e. The molecule has 2 nitrogen and oxygen atoms in total. The van der Waals surface area contributed by atoms with E-state index in [1.807, 2.05) is 29.2 Å². The quantitative estimate of drug-likeness (QED) is 0.836. The van der Waals surface area contributed by atoms with Crippen molar-refractivity contribution in [1.29, 1.82) is 0 Å². The highest BCUT2D eigenvalue weighted by Gasteiger charge is 2.33. The maximum Gasteiger partial charge on any atom is 0.233 e. The molecule has 1 atom stereocenters. The van der Waals surface area contributed by atoms with Gasteiger partial charge in [0, 0.05) is 17.1 Å². The Labute approximate surface area is 111 Å². The third kappa shape index (κ3) is 2.78. The van der Waals surface area contributed by atoms with Gasteiger partial charge in [0.2, 0.25) is 5.91 Å². The van der Waals surface area contributed by atoms with Crippen LogP contribution in [-0.4, -0.2) is 23.1 Å². The van der Waals surface area contributed by atoms with Crippen LogP contribution in [0.15, 0.2) is 24.3 Å². The van der Waals surface area contributed by atoms with Gasteiger partial charge in [0.25, 0.3) is 0 Å². The minimum Gasteiger partial charge on any atom is -0.326 e. The second-order valence-corrected chi connectivity index (χ2v) is 6.10. The molecule has 1 amide bonds. The van der Waals surface area contributed by atoms with E-state index < -0.39 is 0 Å². The van der Waals surface area contributed by atoms with Crippen molar-refractivity contribution in [2.24, 2.45) is 5.92 Å². The Kier molecular flexibility index (Phi) is 4.00. The lowest BCUT2D eigenvalue weighted by atomic mass is 10.1. The highest BCUT2D eigenvalue weighted by Crippen LogP contribution is 2.41. The molecule has 1 aromatic rings. The van der Waals surface area contributed by atoms with Gasteiger partial charge in [-0.2, -0.15) is 0 Å². The zero-order chi connectivity index (χ0) is 12.4. The molecule has 1 fully saturated rings. The molecule has 0 N–H and O–H groups in total. The Morgan fingerprint density at radius 1 is 1.47 bits per heavy atom. The van der Waals surface area contributed by atoms with Crippen LogP contribution < -0.4 is 0 Å². The molecule has 1 unspecified atom stereocenters. The molecule has 0 bridgehead atoms. The molecule has 0 saturated carbocycles. The summed E-state index contributed by atoms with van der Waals surface area (Å²) in [7, 11) is 0. The molecular weight excluding hydrogens is 254 g/mol. The lowest BCUT2D eigenvalue weighted by molar-refractivity contribution is -0.128. The van der Waals surface area contributed by atoms with Gasteiger partial charge in [-0.05, 0) is 12.0 Å². The second-order valence-electron chi connectivity index (χ2n) is 4.62. The van der Waals surface area contributed by atoms with Gasteiger partial charge in [0.1, 0.15) is 5.37 Å². The number of nitrogens with zero attached hydrogens (tertiary/aromatic N) is 1. The Bertz CT molecular complexity index is 422. The predicted octanol–water partition coefficient (Wildman–Crippen LogP) is 3.57. The van der Waals surface area contributed by atoms with Crippen LogP contribution in [0.1, 0.15) is 24.8 Å². The molecule has 4 heteroatoms. The number of hydrogen-bond acceptors (Lipinski definition) is 2. The van der Waals surface area contributed by atoms with Gasteiger partial charge in [0.05, 0.1) is 5.75 Å². The molecule has 1 aliphatic rings. The van der Waals surface area contributed by atoms with Gasteiger partial charge >= 0.3 is 0 Å². The van der Waals surface area contributed by atoms with Gasteiger partial charge in [-0.25, -0.2) is 0 Å². The van der Waals surface area contributed by atoms with E-state index >= 15 is 0 Å². The molecule has 1 saturated heterocycles. The summed E-state index contributed by atoms with van der Waals surface area (Å²) >= 11 is 7.86. The summed E-state index contributed by atoms with van der Waals surface area (Å²) in [5.41, 5.74) is 1.05. The summed E-state index contributed by atoms with van der Waals surface area (Å²) in [6.45, 7) is 5.04. The Morgan fingerprint density at radius 3 is 2.82 bits per heavy atom. The molecule has 0 spiro atoms. The third-order valence-corrected chi connectivity index (χ3v) is 4.28. The van der Waals surface area contributed by atoms with Crippen molar-refractivity contribution in [3.63, 3.8) is 0 Å². The summed E-state index contributed by atoms with van der Waals surface area (Å²) < 4.78 is 0. The normalized spacial score (nSPS) is 20.4. The fourth-order valence-electron chi connectivity index (χ4n) is 1.98. The Morgan fingerprint density at radius 2 is 2.18 bits per heavy atom. The van der Waals surface area contributed by atoms with E-state index in [1.54, 1.807) is 11.8 Å². The summed E-state index contributed by atoms with van der Waals surface area (Å²) in [6.07, 6.45) is 0. The van der Waals surface area contributed by atoms with Crippen molar-refractivity contribution in [2.75, 3.05) is 12.3 Å². The molecule has 0 aromatic heterocycles. The average molecular weight is 270 g/mol. The first-order chi connectivity index (χ1) is 8.09. The lowest BCUT2D eigenvalue weighted by Crippen LogP contribution is -2.31. The minimum atomic E-state index is 0.0820. The summed E-state index contributed by atoms with van der Waals surface area (Å²) in [6, 6.07) is 7.78. The zero-order valence-electron chi connectivity index (χ0n) is 10.0. The van der Waals surface area contributed by atoms with Gasteiger partial charge in [-0.15, -0.1) is 11.8 Å². The van der Waals surface area contributed by atoms with E-state index in [2.05, 4.69) is 13.8 Å². The van der Waals surface area contributed by atoms with Crippen LogP contribution >= 0.6 is 23.4 Å². The van der Waals surface area contributed by atoms with E-state index in [0.717, 1.165) is 17.1 Å². The van der Waals surface area contributed by atoms with Gasteiger partial charge < -0.3 is 4.90 Å². The fraction of sp³-hybridized carbons (Fsp3) is 0.462. The van der Waals surface area contributed by atoms with Crippen molar-refractivity contribution in [1.82, 2.24) is 4.90 Å². The first-order valence-electron chi connectivity index (χ1n) is 5.75. The minimum absolute atomic E-state index is 0.0820. The SMILES string of the molecule is CC(C)CN1C(=O)CSC1c1ccccc1Cl. The highest BCUT2D eigenvalue weighted by atomic mass is 35.5. The second kappa shape index (κ2) is 5.32. The van der Waals surface area contributed by atoms with Crippen molar-refractivity contribution in [3.8, 4) is 0 Å². The monoisotopic (exact) mass is 269 g/mol. The van der Waals surface area contributed by atoms with Gasteiger partial charge in [-0.3, -0.25) is 4.79 Å². The van der Waals surface area contributed by atoms with Crippen LogP contribution in [-0.2, 0) is 4.79 Å². The molecule has 17 heavy (non-hydrogen) atoms. The topological polar surface area (TPSA) is 20.3 Å². The molecule has 0 aliphatic carbocycles. The van der Waals surface area contributed by atoms with Crippen LogP contribution in [0.4, 0.5) is 0 Å². The third-order valence-electron chi connectivity index (χ3n) is 2.70. The number of amides is 1. The van der Waals surface area contributed by atoms with E-state index in [4.69, 9.17) is 11.6 Å². The van der Waals surface area contributed by atoms with Crippen LogP contribution in [0.25, 0.3) is 0 Å². The van der Waals surface area contributed by atoms with E-state index in [-0.39, 0.29) is 11.3 Å². The molecule has 1 aliphatic heterocycles.